The van der Waals surface area contributed by atoms with Gasteiger partial charge in [0.25, 0.3) is 11.6 Å². The van der Waals surface area contributed by atoms with E-state index in [0.29, 0.717) is 24.3 Å². The van der Waals surface area contributed by atoms with Crippen LogP contribution in [0.1, 0.15) is 47.4 Å². The van der Waals surface area contributed by atoms with E-state index in [9.17, 15) is 23.3 Å². The molecule has 1 aromatic heterocycles. The first kappa shape index (κ1) is 29.7. The summed E-state index contributed by atoms with van der Waals surface area (Å²) in [5.74, 6) is -0.528. The fraction of sp³-hybridized carbons (Fsp3) is 0.385. The summed E-state index contributed by atoms with van der Waals surface area (Å²) < 4.78 is 41.7. The minimum absolute atomic E-state index is 0.0751. The molecule has 12 nitrogen and oxygen atoms in total. The van der Waals surface area contributed by atoms with E-state index in [1.165, 1.54) is 17.9 Å². The van der Waals surface area contributed by atoms with Crippen molar-refractivity contribution in [3.63, 3.8) is 0 Å². The summed E-state index contributed by atoms with van der Waals surface area (Å²) in [6, 6.07) is 8.58. The van der Waals surface area contributed by atoms with Crippen LogP contribution in [-0.4, -0.2) is 55.3 Å². The highest BCUT2D eigenvalue weighted by molar-refractivity contribution is 7.89. The molecule has 3 aromatic rings. The van der Waals surface area contributed by atoms with Gasteiger partial charge >= 0.3 is 0 Å². The molecule has 0 aliphatic rings. The Bertz CT molecular complexity index is 1480. The van der Waals surface area contributed by atoms with Crippen molar-refractivity contribution in [3.8, 4) is 17.3 Å². The van der Waals surface area contributed by atoms with Gasteiger partial charge in [0.15, 0.2) is 5.69 Å². The largest absolute Gasteiger partial charge is 0.437 e. The lowest BCUT2D eigenvalue weighted by atomic mass is 10.1. The number of carbonyl (C=O) groups excluding carboxylic acids is 1. The Kier molecular flexibility index (Phi) is 9.43. The van der Waals surface area contributed by atoms with Gasteiger partial charge in [-0.2, -0.15) is 9.78 Å². The zero-order chi connectivity index (χ0) is 28.9. The zero-order valence-electron chi connectivity index (χ0n) is 22.8. The Hall–Kier alpha value is -3.81. The van der Waals surface area contributed by atoms with E-state index in [1.54, 1.807) is 13.8 Å². The molecule has 2 aromatic carbocycles. The van der Waals surface area contributed by atoms with Crippen LogP contribution >= 0.6 is 0 Å². The van der Waals surface area contributed by atoms with Crippen LogP contribution in [0.25, 0.3) is 5.69 Å². The van der Waals surface area contributed by atoms with Gasteiger partial charge in [0.05, 0.1) is 17.2 Å². The smallest absolute Gasteiger partial charge is 0.272 e. The van der Waals surface area contributed by atoms with Gasteiger partial charge in [-0.3, -0.25) is 14.9 Å². The number of nitrogens with zero attached hydrogens (tertiary/aromatic N) is 3. The van der Waals surface area contributed by atoms with Crippen molar-refractivity contribution < 1.29 is 27.6 Å². The van der Waals surface area contributed by atoms with E-state index in [-0.39, 0.29) is 23.9 Å². The van der Waals surface area contributed by atoms with Crippen LogP contribution in [-0.2, 0) is 14.8 Å². The summed E-state index contributed by atoms with van der Waals surface area (Å²) in [5.41, 5.74) is 2.39. The lowest BCUT2D eigenvalue weighted by molar-refractivity contribution is -0.385. The van der Waals surface area contributed by atoms with E-state index in [1.807, 2.05) is 39.0 Å². The van der Waals surface area contributed by atoms with Crippen molar-refractivity contribution in [1.29, 1.82) is 0 Å². The standard InChI is InChI=1S/C26H33N5O7S/c1-7-18(4)29-39(35,36)23-15-20(31(33)34)10-11-22(23)38-26-19(5)24(25(32)27-12-13-37-6)28-30(26)21-14-16(2)8-9-17(21)3/h8-11,14-15,18,29H,7,12-13H2,1-6H3,(H,27,32)/t18-/m1/s1. The van der Waals surface area contributed by atoms with E-state index in [2.05, 4.69) is 15.1 Å². The number of hydrogen-bond donors (Lipinski definition) is 2. The molecule has 0 unspecified atom stereocenters. The van der Waals surface area contributed by atoms with Gasteiger partial charge in [-0.25, -0.2) is 13.1 Å². The Morgan fingerprint density at radius 1 is 1.18 bits per heavy atom. The summed E-state index contributed by atoms with van der Waals surface area (Å²) in [5, 5.41) is 18.7. The van der Waals surface area contributed by atoms with E-state index in [0.717, 1.165) is 23.3 Å². The molecule has 1 heterocycles. The third kappa shape index (κ3) is 6.80. The second-order valence-electron chi connectivity index (χ2n) is 9.15. The van der Waals surface area contributed by atoms with Crippen LogP contribution in [0.3, 0.4) is 0 Å². The number of aromatic nitrogens is 2. The Morgan fingerprint density at radius 2 is 1.90 bits per heavy atom. The Labute approximate surface area is 227 Å². The lowest BCUT2D eigenvalue weighted by Crippen LogP contribution is -2.32. The summed E-state index contributed by atoms with van der Waals surface area (Å²) in [6.07, 6.45) is 0.504. The fourth-order valence-electron chi connectivity index (χ4n) is 3.70. The molecule has 13 heteroatoms. The highest BCUT2D eigenvalue weighted by atomic mass is 32.2. The predicted molar refractivity (Wildman–Crippen MR) is 145 cm³/mol. The minimum atomic E-state index is -4.21. The Balaban J connectivity index is 2.21. The Morgan fingerprint density at radius 3 is 2.54 bits per heavy atom. The first-order chi connectivity index (χ1) is 18.4. The van der Waals surface area contributed by atoms with Crippen molar-refractivity contribution in [2.24, 2.45) is 0 Å². The molecular formula is C26H33N5O7S. The summed E-state index contributed by atoms with van der Waals surface area (Å²) in [7, 11) is -2.69. The number of carbonyl (C=O) groups is 1. The van der Waals surface area contributed by atoms with Gasteiger partial charge < -0.3 is 14.8 Å². The SMILES string of the molecule is CC[C@@H](C)NS(=O)(=O)c1cc([N+](=O)[O-])ccc1Oc1c(C)c(C(=O)NCCOC)nn1-c1cc(C)ccc1C. The van der Waals surface area contributed by atoms with Gasteiger partial charge in [0.2, 0.25) is 15.9 Å². The third-order valence-corrected chi connectivity index (χ3v) is 7.68. The maximum absolute atomic E-state index is 13.3. The van der Waals surface area contributed by atoms with Crippen molar-refractivity contribution in [2.75, 3.05) is 20.3 Å². The molecule has 0 aliphatic carbocycles. The molecule has 210 valence electrons. The molecule has 2 N–H and O–H groups in total. The number of non-ortho nitro benzene ring substituents is 1. The zero-order valence-corrected chi connectivity index (χ0v) is 23.6. The van der Waals surface area contributed by atoms with Crippen molar-refractivity contribution >= 4 is 21.6 Å². The highest BCUT2D eigenvalue weighted by Gasteiger charge is 2.28. The van der Waals surface area contributed by atoms with Crippen molar-refractivity contribution in [2.45, 2.75) is 52.0 Å². The molecule has 0 radical (unpaired) electrons. The predicted octanol–water partition coefficient (Wildman–Crippen LogP) is 3.95. The average Bonchev–Trinajstić information content (AvgIpc) is 3.20. The fourth-order valence-corrected chi connectivity index (χ4v) is 5.17. The van der Waals surface area contributed by atoms with Crippen LogP contribution in [0.4, 0.5) is 5.69 Å². The summed E-state index contributed by atoms with van der Waals surface area (Å²) >= 11 is 0. The topological polar surface area (TPSA) is 155 Å². The van der Waals surface area contributed by atoms with Gasteiger partial charge in [-0.1, -0.05) is 19.1 Å². The van der Waals surface area contributed by atoms with Crippen LogP contribution in [0.5, 0.6) is 11.6 Å². The van der Waals surface area contributed by atoms with Gasteiger partial charge in [0.1, 0.15) is 10.6 Å². The number of nitrogens with one attached hydrogen (secondary N) is 2. The van der Waals surface area contributed by atoms with E-state index < -0.39 is 37.5 Å². The van der Waals surface area contributed by atoms with Crippen LogP contribution in [0, 0.1) is 30.9 Å². The second-order valence-corrected chi connectivity index (χ2v) is 10.8. The number of rotatable bonds is 12. The molecular weight excluding hydrogens is 526 g/mol. The van der Waals surface area contributed by atoms with Gasteiger partial charge in [0, 0.05) is 37.4 Å². The third-order valence-electron chi connectivity index (χ3n) is 6.07. The molecule has 0 saturated carbocycles. The summed E-state index contributed by atoms with van der Waals surface area (Å²) in [4.78, 5) is 23.3. The van der Waals surface area contributed by atoms with Gasteiger partial charge in [-0.05, 0) is 57.4 Å². The number of ether oxygens (including phenoxy) is 2. The molecule has 1 atom stereocenters. The molecule has 0 spiro atoms. The van der Waals surface area contributed by atoms with Crippen LogP contribution in [0.15, 0.2) is 41.3 Å². The molecule has 39 heavy (non-hydrogen) atoms. The number of methoxy groups -OCH3 is 1. The van der Waals surface area contributed by atoms with Crippen LogP contribution in [0.2, 0.25) is 0 Å². The normalized spacial score (nSPS) is 12.3. The second kappa shape index (κ2) is 12.4. The monoisotopic (exact) mass is 559 g/mol. The first-order valence-electron chi connectivity index (χ1n) is 12.3. The van der Waals surface area contributed by atoms with Crippen molar-refractivity contribution in [3.05, 3.63) is 68.9 Å². The molecule has 0 bridgehead atoms. The van der Waals surface area contributed by atoms with Crippen molar-refractivity contribution in [1.82, 2.24) is 19.8 Å². The number of nitro benzene ring substituents is 1. The van der Waals surface area contributed by atoms with E-state index in [4.69, 9.17) is 9.47 Å². The summed E-state index contributed by atoms with van der Waals surface area (Å²) in [6.45, 7) is 9.46. The molecule has 3 rings (SSSR count). The first-order valence-corrected chi connectivity index (χ1v) is 13.8. The number of aryl methyl sites for hydroxylation is 2. The lowest BCUT2D eigenvalue weighted by Gasteiger charge is -2.17. The number of nitro groups is 1. The van der Waals surface area contributed by atoms with Gasteiger partial charge in [-0.15, -0.1) is 0 Å². The maximum Gasteiger partial charge on any atom is 0.272 e. The quantitative estimate of drug-likeness (QED) is 0.192. The average molecular weight is 560 g/mol. The number of hydrogen-bond acceptors (Lipinski definition) is 8. The number of sulfonamides is 1. The molecule has 0 fully saturated rings. The maximum atomic E-state index is 13.3. The van der Waals surface area contributed by atoms with Crippen LogP contribution < -0.4 is 14.8 Å². The minimum Gasteiger partial charge on any atom is -0.437 e. The highest BCUT2D eigenvalue weighted by Crippen LogP contribution is 2.36. The molecule has 1 amide bonds. The number of benzene rings is 2. The molecule has 0 saturated heterocycles. The number of amides is 1. The molecule has 0 aliphatic heterocycles. The van der Waals surface area contributed by atoms with E-state index >= 15 is 0 Å².